The molecule has 53 heavy (non-hydrogen) atoms. The van der Waals surface area contributed by atoms with Crippen LogP contribution in [0.15, 0.2) is 77.5 Å². The zero-order valence-electron chi connectivity index (χ0n) is 28.9. The molecule has 1 aliphatic rings. The molecule has 0 saturated carbocycles. The molecule has 14 heteroatoms. The maximum absolute atomic E-state index is 13.5. The Labute approximate surface area is 302 Å². The summed E-state index contributed by atoms with van der Waals surface area (Å²) in [6.45, 7) is 1.77. The predicted octanol–water partition coefficient (Wildman–Crippen LogP) is 7.29. The van der Waals surface area contributed by atoms with Gasteiger partial charge in [0.25, 0.3) is 0 Å². The molecule has 1 saturated heterocycles. The van der Waals surface area contributed by atoms with E-state index in [1.54, 1.807) is 23.4 Å². The van der Waals surface area contributed by atoms with E-state index >= 15 is 0 Å². The summed E-state index contributed by atoms with van der Waals surface area (Å²) in [6, 6.07) is 17.9. The number of oxazole rings is 1. The summed E-state index contributed by atoms with van der Waals surface area (Å²) in [5.74, 6) is -1.08. The SMILES string of the molecule is Cc1c(Nc2nccc3cc(CNCC(=O)O)cnc23)cccc1-c1cccc(-c2nc3cc(CN4CCC[C@H]4C(=O)O)c(OC(F)F)cc3o2)c1C. The lowest BCUT2D eigenvalue weighted by Gasteiger charge is -2.22. The molecule has 3 aromatic heterocycles. The minimum atomic E-state index is -3.07. The van der Waals surface area contributed by atoms with E-state index in [2.05, 4.69) is 20.6 Å². The fourth-order valence-electron chi connectivity index (χ4n) is 6.91. The van der Waals surface area contributed by atoms with Crippen molar-refractivity contribution in [1.29, 1.82) is 0 Å². The molecule has 6 aromatic rings. The molecule has 12 nitrogen and oxygen atoms in total. The molecular weight excluding hydrogens is 686 g/mol. The number of anilines is 2. The van der Waals surface area contributed by atoms with Crippen LogP contribution in [0.2, 0.25) is 0 Å². The van der Waals surface area contributed by atoms with Crippen molar-refractivity contribution < 1.29 is 37.7 Å². The third kappa shape index (κ3) is 7.50. The fraction of sp³-hybridized carbons (Fsp3) is 0.256. The molecule has 3 aromatic carbocycles. The zero-order chi connectivity index (χ0) is 37.2. The van der Waals surface area contributed by atoms with Gasteiger partial charge in [-0.2, -0.15) is 8.78 Å². The highest BCUT2D eigenvalue weighted by Crippen LogP contribution is 2.38. The topological polar surface area (TPSA) is 163 Å². The first-order valence-corrected chi connectivity index (χ1v) is 17.0. The summed E-state index contributed by atoms with van der Waals surface area (Å²) in [5.41, 5.74) is 7.90. The van der Waals surface area contributed by atoms with Crippen LogP contribution in [0.1, 0.15) is 35.1 Å². The average Bonchev–Trinajstić information content (AvgIpc) is 3.76. The molecule has 1 fully saturated rings. The quantitative estimate of drug-likeness (QED) is 0.0943. The number of rotatable bonds is 13. The lowest BCUT2D eigenvalue weighted by atomic mass is 9.93. The summed E-state index contributed by atoms with van der Waals surface area (Å²) in [6.07, 6.45) is 4.57. The Bertz CT molecular complexity index is 2350. The summed E-state index contributed by atoms with van der Waals surface area (Å²) >= 11 is 0. The largest absolute Gasteiger partial charge is 0.480 e. The minimum absolute atomic E-state index is 0.0827. The second-order valence-electron chi connectivity index (χ2n) is 12.9. The number of carbonyl (C=O) groups is 2. The van der Waals surface area contributed by atoms with Crippen LogP contribution in [0.25, 0.3) is 44.6 Å². The van der Waals surface area contributed by atoms with Crippen molar-refractivity contribution in [3.8, 4) is 28.3 Å². The van der Waals surface area contributed by atoms with E-state index in [4.69, 9.17) is 19.2 Å². The highest BCUT2D eigenvalue weighted by Gasteiger charge is 2.31. The summed E-state index contributed by atoms with van der Waals surface area (Å²) in [5, 5.41) is 25.7. The van der Waals surface area contributed by atoms with Gasteiger partial charge in [0.2, 0.25) is 5.89 Å². The van der Waals surface area contributed by atoms with Gasteiger partial charge in [-0.3, -0.25) is 19.5 Å². The Balaban J connectivity index is 1.18. The van der Waals surface area contributed by atoms with E-state index in [1.807, 2.05) is 62.4 Å². The molecule has 0 amide bonds. The molecule has 1 atom stereocenters. The number of carboxylic acid groups (broad SMARTS) is 2. The van der Waals surface area contributed by atoms with Gasteiger partial charge in [0, 0.05) is 53.8 Å². The highest BCUT2D eigenvalue weighted by atomic mass is 19.3. The van der Waals surface area contributed by atoms with Gasteiger partial charge in [0.15, 0.2) is 11.4 Å². The number of nitrogens with zero attached hydrogens (tertiary/aromatic N) is 4. The molecule has 0 bridgehead atoms. The smallest absolute Gasteiger partial charge is 0.387 e. The molecule has 1 aliphatic heterocycles. The lowest BCUT2D eigenvalue weighted by Crippen LogP contribution is -2.35. The van der Waals surface area contributed by atoms with Crippen LogP contribution in [0.5, 0.6) is 5.75 Å². The van der Waals surface area contributed by atoms with Gasteiger partial charge in [-0.25, -0.2) is 9.97 Å². The number of carboxylic acids is 2. The minimum Gasteiger partial charge on any atom is -0.480 e. The zero-order valence-corrected chi connectivity index (χ0v) is 28.9. The maximum atomic E-state index is 13.5. The molecular formula is C39H36F2N6O6. The second-order valence-corrected chi connectivity index (χ2v) is 12.9. The third-order valence-corrected chi connectivity index (χ3v) is 9.51. The summed E-state index contributed by atoms with van der Waals surface area (Å²) < 4.78 is 37.9. The van der Waals surface area contributed by atoms with Gasteiger partial charge in [0.05, 0.1) is 6.54 Å². The molecule has 272 valence electrons. The molecule has 4 heterocycles. The number of halogens is 2. The number of hydrogen-bond acceptors (Lipinski definition) is 10. The van der Waals surface area contributed by atoms with Crippen molar-refractivity contribution in [3.63, 3.8) is 0 Å². The second kappa shape index (κ2) is 14.9. The number of fused-ring (bicyclic) bond motifs is 2. The average molecular weight is 723 g/mol. The molecule has 0 aliphatic carbocycles. The van der Waals surface area contributed by atoms with E-state index in [0.717, 1.165) is 38.9 Å². The first-order valence-electron chi connectivity index (χ1n) is 17.0. The number of alkyl halides is 2. The normalized spacial score (nSPS) is 14.7. The Morgan fingerprint density at radius 2 is 1.79 bits per heavy atom. The monoisotopic (exact) mass is 722 g/mol. The van der Waals surface area contributed by atoms with Gasteiger partial charge in [-0.05, 0) is 91.4 Å². The molecule has 0 spiro atoms. The van der Waals surface area contributed by atoms with Gasteiger partial charge in [-0.15, -0.1) is 0 Å². The van der Waals surface area contributed by atoms with Crippen LogP contribution >= 0.6 is 0 Å². The van der Waals surface area contributed by atoms with Crippen molar-refractivity contribution in [1.82, 2.24) is 25.2 Å². The van der Waals surface area contributed by atoms with Gasteiger partial charge in [0.1, 0.15) is 22.8 Å². The van der Waals surface area contributed by atoms with Crippen LogP contribution in [0, 0.1) is 13.8 Å². The van der Waals surface area contributed by atoms with Crippen molar-refractivity contribution in [3.05, 3.63) is 95.3 Å². The van der Waals surface area contributed by atoms with E-state index in [0.29, 0.717) is 59.8 Å². The fourth-order valence-corrected chi connectivity index (χ4v) is 6.91. The Kier molecular flexibility index (Phi) is 9.98. The number of benzene rings is 3. The third-order valence-electron chi connectivity index (χ3n) is 9.51. The number of ether oxygens (including phenoxy) is 1. The van der Waals surface area contributed by atoms with Crippen molar-refractivity contribution >= 4 is 45.4 Å². The van der Waals surface area contributed by atoms with E-state index in [1.165, 1.54) is 6.07 Å². The number of nitrogens with one attached hydrogen (secondary N) is 2. The van der Waals surface area contributed by atoms with Crippen LogP contribution in [-0.2, 0) is 22.7 Å². The predicted molar refractivity (Wildman–Crippen MR) is 194 cm³/mol. The van der Waals surface area contributed by atoms with Gasteiger partial charge in [-0.1, -0.05) is 24.3 Å². The van der Waals surface area contributed by atoms with Gasteiger partial charge < -0.3 is 30.0 Å². The number of pyridine rings is 2. The van der Waals surface area contributed by atoms with Crippen LogP contribution in [-0.4, -0.2) is 67.7 Å². The van der Waals surface area contributed by atoms with Gasteiger partial charge >= 0.3 is 18.6 Å². The lowest BCUT2D eigenvalue weighted by molar-refractivity contribution is -0.142. The Morgan fingerprint density at radius 3 is 2.57 bits per heavy atom. The maximum Gasteiger partial charge on any atom is 0.387 e. The van der Waals surface area contributed by atoms with E-state index in [-0.39, 0.29) is 24.4 Å². The van der Waals surface area contributed by atoms with Crippen molar-refractivity contribution in [2.24, 2.45) is 0 Å². The number of likely N-dealkylation sites (tertiary alicyclic amines) is 1. The molecule has 0 radical (unpaired) electrons. The number of aliphatic carboxylic acids is 2. The van der Waals surface area contributed by atoms with E-state index < -0.39 is 24.6 Å². The molecule has 0 unspecified atom stereocenters. The number of hydrogen-bond donors (Lipinski definition) is 4. The first-order chi connectivity index (χ1) is 25.5. The Morgan fingerprint density at radius 1 is 1.02 bits per heavy atom. The standard InChI is InChI=1S/C39H36F2N6O6/c1-21-26(27-7-4-9-29(22(27)2)45-36-35-24(11-12-43-36)14-23(18-44-35)17-42-19-34(48)49)6-3-8-28(21)37-46-30-15-25(20-47-13-5-10-31(47)38(50)51)32(53-39(40)41)16-33(30)52-37/h3-4,6-9,11-12,14-16,18,31,39,42H,5,10,13,17,19-20H2,1-2H3,(H,43,45)(H,48,49)(H,50,51)/t31-/m0/s1. The molecule has 4 N–H and O–H groups in total. The van der Waals surface area contributed by atoms with Crippen molar-refractivity contribution in [2.45, 2.75) is 52.4 Å². The van der Waals surface area contributed by atoms with Crippen LogP contribution < -0.4 is 15.4 Å². The Hall–Kier alpha value is -5.99. The van der Waals surface area contributed by atoms with Crippen molar-refractivity contribution in [2.75, 3.05) is 18.4 Å². The molecule has 7 rings (SSSR count). The number of aromatic nitrogens is 3. The highest BCUT2D eigenvalue weighted by molar-refractivity contribution is 5.91. The van der Waals surface area contributed by atoms with Crippen LogP contribution in [0.3, 0.4) is 0 Å². The van der Waals surface area contributed by atoms with Crippen LogP contribution in [0.4, 0.5) is 20.3 Å². The van der Waals surface area contributed by atoms with E-state index in [9.17, 15) is 23.5 Å². The summed E-state index contributed by atoms with van der Waals surface area (Å²) in [7, 11) is 0. The summed E-state index contributed by atoms with van der Waals surface area (Å²) in [4.78, 5) is 38.3. The first kappa shape index (κ1) is 35.4.